The van der Waals surface area contributed by atoms with Crippen LogP contribution in [0.4, 0.5) is 22.0 Å². The molecule has 1 saturated heterocycles. The number of carbonyl (C=O) groups is 4. The van der Waals surface area contributed by atoms with Crippen molar-refractivity contribution < 1.29 is 51.3 Å². The standard InChI is InChI=1S/C27H30F5N5O6/c1-9(2)20-25(41)34-11(4)21(37-27(43)22-14(38)6-5-7-33-22)26(42)35-13(23(39)10(3)24(40)36-20)8-12-15(28)17(30)19(32)18(31)16(12)29/h5-7,9-11,13,20-21,23,38-39H,8H2,1-4H3,(H,34,41)(H,35,42)(H,36,40)(H,37,43)/t10-,11-,13+,20?,21+,23+/m1/s1. The van der Waals surface area contributed by atoms with Crippen LogP contribution in [0.3, 0.4) is 0 Å². The number of hydrogen-bond acceptors (Lipinski definition) is 7. The first kappa shape index (κ1) is 33.2. The van der Waals surface area contributed by atoms with Crippen molar-refractivity contribution in [2.75, 3.05) is 0 Å². The molecule has 234 valence electrons. The van der Waals surface area contributed by atoms with Crippen molar-refractivity contribution in [1.29, 1.82) is 0 Å². The number of carbonyl (C=O) groups excluding carboxylic acids is 4. The average molecular weight is 616 g/mol. The molecule has 2 aromatic rings. The first-order chi connectivity index (χ1) is 20.1. The van der Waals surface area contributed by atoms with Crippen molar-refractivity contribution in [2.24, 2.45) is 11.8 Å². The van der Waals surface area contributed by atoms with Crippen LogP contribution in [-0.2, 0) is 20.8 Å². The summed E-state index contributed by atoms with van der Waals surface area (Å²) < 4.78 is 70.7. The van der Waals surface area contributed by atoms with Gasteiger partial charge in [-0.25, -0.2) is 26.9 Å². The SMILES string of the molecule is CC(C)C1NC(=O)[C@H](C)[C@H](O)[C@H](Cc2c(F)c(F)c(F)c(F)c2F)NC(=O)[C@@H](NC(=O)c2ncccc2O)[C@@H](C)NC1=O. The van der Waals surface area contributed by atoms with E-state index in [9.17, 15) is 51.3 Å². The molecule has 0 bridgehead atoms. The van der Waals surface area contributed by atoms with E-state index in [4.69, 9.17) is 0 Å². The van der Waals surface area contributed by atoms with Crippen LogP contribution < -0.4 is 21.3 Å². The van der Waals surface area contributed by atoms with E-state index in [1.165, 1.54) is 19.2 Å². The van der Waals surface area contributed by atoms with Crippen LogP contribution in [0.15, 0.2) is 18.3 Å². The molecule has 2 heterocycles. The zero-order valence-corrected chi connectivity index (χ0v) is 23.3. The molecule has 4 amide bonds. The Labute approximate surface area is 242 Å². The van der Waals surface area contributed by atoms with Crippen molar-refractivity contribution in [2.45, 2.75) is 64.4 Å². The molecular formula is C27H30F5N5O6. The predicted molar refractivity (Wildman–Crippen MR) is 139 cm³/mol. The summed E-state index contributed by atoms with van der Waals surface area (Å²) in [5.41, 5.74) is -1.88. The minimum atomic E-state index is -2.42. The summed E-state index contributed by atoms with van der Waals surface area (Å²) in [7, 11) is 0. The minimum absolute atomic E-state index is 0.501. The molecule has 43 heavy (non-hydrogen) atoms. The second kappa shape index (κ2) is 13.3. The van der Waals surface area contributed by atoms with Gasteiger partial charge in [-0.2, -0.15) is 0 Å². The Bertz CT molecular complexity index is 1400. The third-order valence-corrected chi connectivity index (χ3v) is 7.08. The maximum atomic E-state index is 14.6. The number of amides is 4. The Balaban J connectivity index is 2.10. The van der Waals surface area contributed by atoms with Crippen molar-refractivity contribution in [3.05, 3.63) is 58.7 Å². The molecule has 1 unspecified atom stereocenters. The van der Waals surface area contributed by atoms with Gasteiger partial charge >= 0.3 is 0 Å². The van der Waals surface area contributed by atoms with E-state index < -0.39 is 118 Å². The number of halogens is 5. The maximum Gasteiger partial charge on any atom is 0.274 e. The van der Waals surface area contributed by atoms with Gasteiger partial charge in [0.1, 0.15) is 17.8 Å². The first-order valence-electron chi connectivity index (χ1n) is 13.1. The van der Waals surface area contributed by atoms with Gasteiger partial charge in [-0.1, -0.05) is 20.8 Å². The number of aromatic nitrogens is 1. The van der Waals surface area contributed by atoms with Crippen LogP contribution in [0.25, 0.3) is 0 Å². The molecule has 0 radical (unpaired) electrons. The number of aromatic hydroxyl groups is 1. The van der Waals surface area contributed by atoms with Crippen molar-refractivity contribution in [3.8, 4) is 5.75 Å². The third-order valence-electron chi connectivity index (χ3n) is 7.08. The Kier molecular flexibility index (Phi) is 10.3. The monoisotopic (exact) mass is 615 g/mol. The predicted octanol–water partition coefficient (Wildman–Crippen LogP) is 0.965. The quantitative estimate of drug-likeness (QED) is 0.165. The van der Waals surface area contributed by atoms with Crippen LogP contribution in [0, 0.1) is 40.9 Å². The molecule has 11 nitrogen and oxygen atoms in total. The highest BCUT2D eigenvalue weighted by Crippen LogP contribution is 2.26. The van der Waals surface area contributed by atoms with Crippen molar-refractivity contribution >= 4 is 23.6 Å². The van der Waals surface area contributed by atoms with Crippen LogP contribution in [0.1, 0.15) is 43.7 Å². The van der Waals surface area contributed by atoms with E-state index in [0.29, 0.717) is 0 Å². The molecule has 1 fully saturated rings. The fourth-order valence-corrected chi connectivity index (χ4v) is 4.50. The van der Waals surface area contributed by atoms with E-state index in [1.54, 1.807) is 13.8 Å². The molecule has 0 saturated carbocycles. The number of hydrogen-bond donors (Lipinski definition) is 6. The summed E-state index contributed by atoms with van der Waals surface area (Å²) in [5, 5.41) is 30.5. The summed E-state index contributed by atoms with van der Waals surface area (Å²) in [6, 6.07) is -3.57. The lowest BCUT2D eigenvalue weighted by atomic mass is 9.90. The van der Waals surface area contributed by atoms with E-state index in [0.717, 1.165) is 13.0 Å². The lowest BCUT2D eigenvalue weighted by Crippen LogP contribution is -2.64. The zero-order valence-electron chi connectivity index (χ0n) is 23.3. The normalized spacial score (nSPS) is 25.2. The van der Waals surface area contributed by atoms with Crippen LogP contribution in [-0.4, -0.2) is 69.1 Å². The Hall–Kier alpha value is -4.34. The van der Waals surface area contributed by atoms with Gasteiger partial charge in [0, 0.05) is 18.2 Å². The Morgan fingerprint density at radius 1 is 0.930 bits per heavy atom. The number of nitrogens with zero attached hydrogens (tertiary/aromatic N) is 1. The first-order valence-corrected chi connectivity index (χ1v) is 13.1. The average Bonchev–Trinajstić information content (AvgIpc) is 2.96. The van der Waals surface area contributed by atoms with Gasteiger partial charge in [-0.05, 0) is 25.0 Å². The van der Waals surface area contributed by atoms with Gasteiger partial charge in [0.2, 0.25) is 23.5 Å². The van der Waals surface area contributed by atoms with Gasteiger partial charge < -0.3 is 31.5 Å². The molecule has 0 spiro atoms. The molecule has 3 rings (SSSR count). The number of pyridine rings is 1. The number of rotatable bonds is 5. The van der Waals surface area contributed by atoms with E-state index in [-0.39, 0.29) is 0 Å². The number of aliphatic hydroxyl groups excluding tert-OH is 1. The van der Waals surface area contributed by atoms with Crippen LogP contribution in [0.2, 0.25) is 0 Å². The van der Waals surface area contributed by atoms with Gasteiger partial charge in [0.05, 0.1) is 24.1 Å². The molecule has 16 heteroatoms. The maximum absolute atomic E-state index is 14.6. The minimum Gasteiger partial charge on any atom is -0.505 e. The zero-order chi connectivity index (χ0) is 32.3. The summed E-state index contributed by atoms with van der Waals surface area (Å²) in [6.07, 6.45) is -2.00. The highest BCUT2D eigenvalue weighted by atomic mass is 19.2. The van der Waals surface area contributed by atoms with Crippen LogP contribution in [0.5, 0.6) is 5.75 Å². The smallest absolute Gasteiger partial charge is 0.274 e. The van der Waals surface area contributed by atoms with Gasteiger partial charge in [-0.15, -0.1) is 0 Å². The molecule has 6 N–H and O–H groups in total. The molecular weight excluding hydrogens is 585 g/mol. The fourth-order valence-electron chi connectivity index (χ4n) is 4.50. The molecule has 1 aliphatic heterocycles. The summed E-state index contributed by atoms with van der Waals surface area (Å²) in [5.74, 6) is -17.9. The van der Waals surface area contributed by atoms with E-state index in [1.807, 2.05) is 0 Å². The highest BCUT2D eigenvalue weighted by Gasteiger charge is 2.40. The third kappa shape index (κ3) is 7.01. The molecule has 1 aliphatic rings. The van der Waals surface area contributed by atoms with Crippen molar-refractivity contribution in [3.63, 3.8) is 0 Å². The number of nitrogens with one attached hydrogen (secondary N) is 4. The van der Waals surface area contributed by atoms with Crippen molar-refractivity contribution in [1.82, 2.24) is 26.3 Å². The van der Waals surface area contributed by atoms with Gasteiger partial charge in [0.25, 0.3) is 5.91 Å². The number of aliphatic hydroxyl groups is 1. The summed E-state index contributed by atoms with van der Waals surface area (Å²) >= 11 is 0. The van der Waals surface area contributed by atoms with Gasteiger partial charge in [0.15, 0.2) is 29.0 Å². The number of benzene rings is 1. The second-order valence-corrected chi connectivity index (χ2v) is 10.5. The fraction of sp³-hybridized carbons (Fsp3) is 0.444. The van der Waals surface area contributed by atoms with Gasteiger partial charge in [-0.3, -0.25) is 19.2 Å². The lowest BCUT2D eigenvalue weighted by molar-refractivity contribution is -0.136. The summed E-state index contributed by atoms with van der Waals surface area (Å²) in [6.45, 7) is 5.63. The van der Waals surface area contributed by atoms with E-state index >= 15 is 0 Å². The topological polar surface area (TPSA) is 170 Å². The molecule has 1 aromatic carbocycles. The molecule has 0 aliphatic carbocycles. The second-order valence-electron chi connectivity index (χ2n) is 10.5. The molecule has 6 atom stereocenters. The largest absolute Gasteiger partial charge is 0.505 e. The highest BCUT2D eigenvalue weighted by molar-refractivity contribution is 5.98. The van der Waals surface area contributed by atoms with Crippen LogP contribution >= 0.6 is 0 Å². The Morgan fingerprint density at radius 2 is 1.51 bits per heavy atom. The summed E-state index contributed by atoms with van der Waals surface area (Å²) in [4.78, 5) is 56.3. The van der Waals surface area contributed by atoms with E-state index in [2.05, 4.69) is 26.3 Å². The lowest BCUT2D eigenvalue weighted by Gasteiger charge is -2.34. The Morgan fingerprint density at radius 3 is 2.07 bits per heavy atom. The molecule has 1 aromatic heterocycles.